The van der Waals surface area contributed by atoms with E-state index in [9.17, 15) is 9.59 Å². The van der Waals surface area contributed by atoms with E-state index in [1.807, 2.05) is 13.8 Å². The molecule has 0 saturated heterocycles. The van der Waals surface area contributed by atoms with Gasteiger partial charge < -0.3 is 10.6 Å². The van der Waals surface area contributed by atoms with Crippen LogP contribution in [0.1, 0.15) is 40.3 Å². The molecule has 0 aromatic carbocycles. The molecule has 0 bridgehead atoms. The van der Waals surface area contributed by atoms with Crippen molar-refractivity contribution in [3.05, 3.63) is 22.0 Å². The van der Waals surface area contributed by atoms with Gasteiger partial charge in [-0.3, -0.25) is 14.5 Å². The molecule has 2 heterocycles. The third-order valence-corrected chi connectivity index (χ3v) is 4.11. The fraction of sp³-hybridized carbons (Fsp3) is 0.500. The average Bonchev–Trinajstić information content (AvgIpc) is 2.70. The van der Waals surface area contributed by atoms with Gasteiger partial charge in [-0.25, -0.2) is 4.98 Å². The molecule has 0 unspecified atom stereocenters. The summed E-state index contributed by atoms with van der Waals surface area (Å²) in [5.41, 5.74) is 6.91. The van der Waals surface area contributed by atoms with E-state index < -0.39 is 5.91 Å². The highest BCUT2D eigenvalue weighted by Crippen LogP contribution is 2.33. The number of carbonyl (C=O) groups excluding carboxylic acids is 2. The molecule has 2 rings (SSSR count). The lowest BCUT2D eigenvalue weighted by molar-refractivity contribution is 0.0638. The monoisotopic (exact) mass is 310 g/mol. The van der Waals surface area contributed by atoms with Crippen molar-refractivity contribution < 1.29 is 9.59 Å². The molecule has 0 atom stereocenters. The number of amides is 2. The zero-order valence-electron chi connectivity index (χ0n) is 12.4. The number of rotatable bonds is 5. The number of carbonyl (C=O) groups is 2. The van der Waals surface area contributed by atoms with Crippen LogP contribution in [0.3, 0.4) is 0 Å². The topological polar surface area (TPSA) is 79.5 Å². The van der Waals surface area contributed by atoms with Gasteiger partial charge in [0.15, 0.2) is 0 Å². The Morgan fingerprint density at radius 3 is 2.33 bits per heavy atom. The Morgan fingerprint density at radius 2 is 1.76 bits per heavy atom. The summed E-state index contributed by atoms with van der Waals surface area (Å²) >= 11 is 6.01. The number of aryl methyl sites for hydroxylation is 1. The quantitative estimate of drug-likeness (QED) is 0.659. The Morgan fingerprint density at radius 1 is 1.19 bits per heavy atom. The Bertz CT molecular complexity index is 599. The fourth-order valence-electron chi connectivity index (χ4n) is 2.45. The molecule has 114 valence electrons. The van der Waals surface area contributed by atoms with Gasteiger partial charge >= 0.3 is 0 Å². The van der Waals surface area contributed by atoms with Crippen LogP contribution in [-0.2, 0) is 0 Å². The van der Waals surface area contributed by atoms with Gasteiger partial charge in [0.05, 0.1) is 22.5 Å². The minimum Gasteiger partial charge on any atom is -0.397 e. The molecule has 1 aliphatic rings. The number of hydrogen-bond acceptors (Lipinski definition) is 5. The lowest BCUT2D eigenvalue weighted by Gasteiger charge is -2.21. The first-order valence-electron chi connectivity index (χ1n) is 6.96. The number of fused-ring (bicyclic) bond motifs is 1. The van der Waals surface area contributed by atoms with E-state index in [1.165, 1.54) is 4.90 Å². The average molecular weight is 311 g/mol. The zero-order chi connectivity index (χ0) is 15.7. The van der Waals surface area contributed by atoms with Crippen molar-refractivity contribution in [2.75, 3.05) is 31.9 Å². The first-order valence-corrected chi connectivity index (χ1v) is 7.34. The van der Waals surface area contributed by atoms with Crippen LogP contribution in [0.5, 0.6) is 0 Å². The first-order chi connectivity index (χ1) is 9.92. The molecule has 0 radical (unpaired) electrons. The molecule has 0 aliphatic carbocycles. The maximum absolute atomic E-state index is 12.4. The molecule has 0 spiro atoms. The van der Waals surface area contributed by atoms with Gasteiger partial charge in [-0.1, -0.05) is 25.4 Å². The van der Waals surface area contributed by atoms with Crippen LogP contribution in [-0.4, -0.2) is 52.8 Å². The van der Waals surface area contributed by atoms with E-state index in [2.05, 4.69) is 9.88 Å². The van der Waals surface area contributed by atoms with Gasteiger partial charge in [-0.2, -0.15) is 0 Å². The van der Waals surface area contributed by atoms with E-state index in [4.69, 9.17) is 17.3 Å². The number of imide groups is 1. The number of anilines is 1. The fourth-order valence-corrected chi connectivity index (χ4v) is 2.75. The standard InChI is InChI=1S/C14H19ClN4O2/c1-4-18(5-2)6-7-19-13(20)9-10(14(19)21)12(15)17-8(3)11(9)16/h4-7,16H2,1-3H3. The lowest BCUT2D eigenvalue weighted by atomic mass is 10.1. The van der Waals surface area contributed by atoms with Crippen LogP contribution in [0, 0.1) is 6.92 Å². The number of aromatic nitrogens is 1. The van der Waals surface area contributed by atoms with E-state index in [1.54, 1.807) is 6.92 Å². The van der Waals surface area contributed by atoms with E-state index >= 15 is 0 Å². The van der Waals surface area contributed by atoms with Crippen molar-refractivity contribution in [2.24, 2.45) is 0 Å². The second-order valence-corrected chi connectivity index (χ2v) is 5.30. The van der Waals surface area contributed by atoms with Crippen molar-refractivity contribution in [2.45, 2.75) is 20.8 Å². The number of hydrogen-bond donors (Lipinski definition) is 1. The van der Waals surface area contributed by atoms with Crippen molar-refractivity contribution in [1.29, 1.82) is 0 Å². The van der Waals surface area contributed by atoms with Gasteiger partial charge in [0.25, 0.3) is 11.8 Å². The molecule has 1 aromatic heterocycles. The zero-order valence-corrected chi connectivity index (χ0v) is 13.2. The van der Waals surface area contributed by atoms with Crippen LogP contribution in [0.25, 0.3) is 0 Å². The smallest absolute Gasteiger partial charge is 0.264 e. The Balaban J connectivity index is 2.31. The molecule has 1 aromatic rings. The Hall–Kier alpha value is -1.66. The third kappa shape index (κ3) is 2.61. The van der Waals surface area contributed by atoms with Gasteiger partial charge in [0, 0.05) is 13.1 Å². The summed E-state index contributed by atoms with van der Waals surface area (Å²) in [7, 11) is 0. The van der Waals surface area contributed by atoms with Crippen molar-refractivity contribution in [3.8, 4) is 0 Å². The van der Waals surface area contributed by atoms with Gasteiger partial charge in [0.1, 0.15) is 5.15 Å². The SMILES string of the molecule is CCN(CC)CCN1C(=O)c2c(Cl)nc(C)c(N)c2C1=O. The predicted molar refractivity (Wildman–Crippen MR) is 81.6 cm³/mol. The third-order valence-electron chi connectivity index (χ3n) is 3.83. The van der Waals surface area contributed by atoms with Crippen LogP contribution in [0.4, 0.5) is 5.69 Å². The number of nitrogens with two attached hydrogens (primary N) is 1. The van der Waals surface area contributed by atoms with Gasteiger partial charge in [0.2, 0.25) is 0 Å². The first kappa shape index (κ1) is 15.7. The summed E-state index contributed by atoms with van der Waals surface area (Å²) in [6, 6.07) is 0. The number of nitrogens with zero attached hydrogens (tertiary/aromatic N) is 3. The molecule has 6 nitrogen and oxygen atoms in total. The number of nitrogen functional groups attached to an aromatic ring is 1. The molecule has 2 N–H and O–H groups in total. The Kier molecular flexibility index (Phi) is 4.49. The van der Waals surface area contributed by atoms with Crippen molar-refractivity contribution in [3.63, 3.8) is 0 Å². The summed E-state index contributed by atoms with van der Waals surface area (Å²) in [6.07, 6.45) is 0. The maximum atomic E-state index is 12.4. The van der Waals surface area contributed by atoms with Crippen LogP contribution in [0.15, 0.2) is 0 Å². The minimum atomic E-state index is -0.411. The number of pyridine rings is 1. The molecule has 1 aliphatic heterocycles. The molecular formula is C14H19ClN4O2. The lowest BCUT2D eigenvalue weighted by Crippen LogP contribution is -2.38. The van der Waals surface area contributed by atoms with E-state index in [-0.39, 0.29) is 27.9 Å². The van der Waals surface area contributed by atoms with Crippen LogP contribution in [0.2, 0.25) is 5.15 Å². The number of halogens is 1. The molecule has 21 heavy (non-hydrogen) atoms. The summed E-state index contributed by atoms with van der Waals surface area (Å²) in [5.74, 6) is -0.793. The summed E-state index contributed by atoms with van der Waals surface area (Å²) < 4.78 is 0. The summed E-state index contributed by atoms with van der Waals surface area (Å²) in [4.78, 5) is 32.2. The van der Waals surface area contributed by atoms with E-state index in [0.29, 0.717) is 18.8 Å². The van der Waals surface area contributed by atoms with Gasteiger partial charge in [-0.05, 0) is 20.0 Å². The second kappa shape index (κ2) is 5.99. The predicted octanol–water partition coefficient (Wildman–Crippen LogP) is 1.56. The summed E-state index contributed by atoms with van der Waals surface area (Å²) in [5, 5.41) is 0.0420. The molecule has 2 amide bonds. The van der Waals surface area contributed by atoms with Crippen LogP contribution >= 0.6 is 11.6 Å². The highest BCUT2D eigenvalue weighted by Gasteiger charge is 2.40. The summed E-state index contributed by atoms with van der Waals surface area (Å²) in [6.45, 7) is 8.41. The highest BCUT2D eigenvalue weighted by molar-refractivity contribution is 6.37. The van der Waals surface area contributed by atoms with Gasteiger partial charge in [-0.15, -0.1) is 0 Å². The molecular weight excluding hydrogens is 292 g/mol. The highest BCUT2D eigenvalue weighted by atomic mass is 35.5. The molecule has 0 fully saturated rings. The number of likely N-dealkylation sites (N-methyl/N-ethyl adjacent to an activating group) is 1. The largest absolute Gasteiger partial charge is 0.397 e. The molecule has 0 saturated carbocycles. The minimum absolute atomic E-state index is 0.0420. The van der Waals surface area contributed by atoms with Crippen molar-refractivity contribution >= 4 is 29.1 Å². The maximum Gasteiger partial charge on any atom is 0.264 e. The van der Waals surface area contributed by atoms with Crippen molar-refractivity contribution in [1.82, 2.24) is 14.8 Å². The molecule has 7 heteroatoms. The van der Waals surface area contributed by atoms with Crippen LogP contribution < -0.4 is 5.73 Å². The van der Waals surface area contributed by atoms with E-state index in [0.717, 1.165) is 13.1 Å². The Labute approximate surface area is 128 Å². The normalized spacial score (nSPS) is 14.2. The second-order valence-electron chi connectivity index (χ2n) is 4.94.